The van der Waals surface area contributed by atoms with Gasteiger partial charge in [0.1, 0.15) is 9.84 Å². The summed E-state index contributed by atoms with van der Waals surface area (Å²) < 4.78 is 22.8. The number of hydrogen-bond acceptors (Lipinski definition) is 4. The van der Waals surface area contributed by atoms with Crippen molar-refractivity contribution in [1.29, 1.82) is 0 Å². The van der Waals surface area contributed by atoms with E-state index in [-0.39, 0.29) is 5.92 Å². The molecular formula is C14H22N2O2S. The molecule has 1 aliphatic rings. The first-order chi connectivity index (χ1) is 8.92. The van der Waals surface area contributed by atoms with Crippen LogP contribution < -0.4 is 0 Å². The molecule has 0 spiro atoms. The molecule has 19 heavy (non-hydrogen) atoms. The average Bonchev–Trinajstić information content (AvgIpc) is 2.27. The Labute approximate surface area is 115 Å². The minimum atomic E-state index is -2.87. The van der Waals surface area contributed by atoms with Crippen LogP contribution in [0.5, 0.6) is 0 Å². The van der Waals surface area contributed by atoms with Gasteiger partial charge >= 0.3 is 0 Å². The standard InChI is InChI=1S/C14H22N2O2S/c1-12-5-3-7-14(15-12)10-16-8-4-6-13(9-16)11-19(2,17)18/h3,5,7,13H,4,6,8-11H2,1-2H3. The molecular weight excluding hydrogens is 260 g/mol. The number of pyridine rings is 1. The Morgan fingerprint density at radius 3 is 2.89 bits per heavy atom. The first-order valence-electron chi connectivity index (χ1n) is 6.75. The van der Waals surface area contributed by atoms with Crippen LogP contribution in [0.25, 0.3) is 0 Å². The molecule has 0 aromatic carbocycles. The molecule has 0 amide bonds. The zero-order valence-electron chi connectivity index (χ0n) is 11.7. The minimum absolute atomic E-state index is 0.272. The molecule has 1 aromatic rings. The van der Waals surface area contributed by atoms with Gasteiger partial charge in [-0.1, -0.05) is 6.07 Å². The Morgan fingerprint density at radius 1 is 1.42 bits per heavy atom. The third-order valence-electron chi connectivity index (χ3n) is 3.47. The van der Waals surface area contributed by atoms with Crippen LogP contribution in [-0.4, -0.2) is 43.4 Å². The molecule has 1 saturated heterocycles. The van der Waals surface area contributed by atoms with E-state index in [0.717, 1.165) is 43.9 Å². The maximum atomic E-state index is 11.4. The molecule has 5 heteroatoms. The lowest BCUT2D eigenvalue weighted by molar-refractivity contribution is 0.176. The Hall–Kier alpha value is -0.940. The van der Waals surface area contributed by atoms with E-state index in [1.165, 1.54) is 6.26 Å². The third-order valence-corrected chi connectivity index (χ3v) is 4.55. The summed E-state index contributed by atoms with van der Waals surface area (Å²) in [6.07, 6.45) is 3.42. The zero-order chi connectivity index (χ0) is 13.9. The summed E-state index contributed by atoms with van der Waals surface area (Å²) in [6.45, 7) is 4.71. The van der Waals surface area contributed by atoms with Gasteiger partial charge in [-0.15, -0.1) is 0 Å². The maximum Gasteiger partial charge on any atom is 0.147 e. The van der Waals surface area contributed by atoms with E-state index >= 15 is 0 Å². The quantitative estimate of drug-likeness (QED) is 0.842. The number of piperidine rings is 1. The van der Waals surface area contributed by atoms with Crippen LogP contribution in [0.1, 0.15) is 24.2 Å². The van der Waals surface area contributed by atoms with Gasteiger partial charge in [0.15, 0.2) is 0 Å². The normalized spacial score (nSPS) is 21.5. The summed E-state index contributed by atoms with van der Waals surface area (Å²) in [6, 6.07) is 6.05. The predicted octanol–water partition coefficient (Wildman–Crippen LogP) is 1.65. The van der Waals surface area contributed by atoms with Crippen LogP contribution in [0.2, 0.25) is 0 Å². The van der Waals surface area contributed by atoms with Crippen molar-refractivity contribution in [3.05, 3.63) is 29.6 Å². The van der Waals surface area contributed by atoms with E-state index in [0.29, 0.717) is 5.75 Å². The molecule has 4 nitrogen and oxygen atoms in total. The Kier molecular flexibility index (Phi) is 4.58. The van der Waals surface area contributed by atoms with Gasteiger partial charge in [0.2, 0.25) is 0 Å². The van der Waals surface area contributed by atoms with Gasteiger partial charge in [-0.05, 0) is 44.4 Å². The maximum absolute atomic E-state index is 11.4. The lowest BCUT2D eigenvalue weighted by Gasteiger charge is -2.32. The number of likely N-dealkylation sites (tertiary alicyclic amines) is 1. The molecule has 106 valence electrons. The van der Waals surface area contributed by atoms with Crippen molar-refractivity contribution in [1.82, 2.24) is 9.88 Å². The van der Waals surface area contributed by atoms with Crippen molar-refractivity contribution >= 4 is 9.84 Å². The van der Waals surface area contributed by atoms with Crippen LogP contribution in [-0.2, 0) is 16.4 Å². The zero-order valence-corrected chi connectivity index (χ0v) is 12.5. The largest absolute Gasteiger partial charge is 0.297 e. The third kappa shape index (κ3) is 4.91. The highest BCUT2D eigenvalue weighted by Gasteiger charge is 2.23. The number of aromatic nitrogens is 1. The van der Waals surface area contributed by atoms with Crippen LogP contribution in [0.4, 0.5) is 0 Å². The molecule has 0 saturated carbocycles. The fraction of sp³-hybridized carbons (Fsp3) is 0.643. The van der Waals surface area contributed by atoms with Crippen LogP contribution in [0, 0.1) is 12.8 Å². The Morgan fingerprint density at radius 2 is 2.21 bits per heavy atom. The smallest absolute Gasteiger partial charge is 0.147 e. The van der Waals surface area contributed by atoms with Gasteiger partial charge in [-0.3, -0.25) is 9.88 Å². The number of rotatable bonds is 4. The van der Waals surface area contributed by atoms with Crippen molar-refractivity contribution in [3.63, 3.8) is 0 Å². The van der Waals surface area contributed by atoms with E-state index in [2.05, 4.69) is 9.88 Å². The topological polar surface area (TPSA) is 50.3 Å². The minimum Gasteiger partial charge on any atom is -0.297 e. The summed E-state index contributed by atoms with van der Waals surface area (Å²) in [7, 11) is -2.87. The van der Waals surface area contributed by atoms with Gasteiger partial charge in [-0.2, -0.15) is 0 Å². The van der Waals surface area contributed by atoms with Gasteiger partial charge in [0, 0.05) is 25.0 Å². The first-order valence-corrected chi connectivity index (χ1v) is 8.81. The molecule has 1 unspecified atom stereocenters. The molecule has 0 bridgehead atoms. The van der Waals surface area contributed by atoms with Gasteiger partial charge in [0.05, 0.1) is 11.4 Å². The Bertz CT molecular complexity index is 528. The van der Waals surface area contributed by atoms with Crippen molar-refractivity contribution in [3.8, 4) is 0 Å². The summed E-state index contributed by atoms with van der Waals surface area (Å²) >= 11 is 0. The molecule has 2 rings (SSSR count). The molecule has 1 fully saturated rings. The predicted molar refractivity (Wildman–Crippen MR) is 76.7 cm³/mol. The molecule has 0 radical (unpaired) electrons. The van der Waals surface area contributed by atoms with E-state index in [1.807, 2.05) is 25.1 Å². The van der Waals surface area contributed by atoms with Gasteiger partial charge in [0.25, 0.3) is 0 Å². The molecule has 2 heterocycles. The fourth-order valence-electron chi connectivity index (χ4n) is 2.78. The summed E-state index contributed by atoms with van der Waals surface area (Å²) in [5.74, 6) is 0.582. The van der Waals surface area contributed by atoms with Crippen molar-refractivity contribution in [2.45, 2.75) is 26.3 Å². The second-order valence-corrected chi connectivity index (χ2v) is 7.79. The number of sulfone groups is 1. The number of hydrogen-bond donors (Lipinski definition) is 0. The van der Waals surface area contributed by atoms with Crippen LogP contribution >= 0.6 is 0 Å². The average molecular weight is 282 g/mol. The van der Waals surface area contributed by atoms with Crippen LogP contribution in [0.3, 0.4) is 0 Å². The van der Waals surface area contributed by atoms with Gasteiger partial charge in [-0.25, -0.2) is 8.42 Å². The first kappa shape index (κ1) is 14.5. The van der Waals surface area contributed by atoms with E-state index in [9.17, 15) is 8.42 Å². The summed E-state index contributed by atoms with van der Waals surface area (Å²) in [4.78, 5) is 6.83. The number of aryl methyl sites for hydroxylation is 1. The summed E-state index contributed by atoms with van der Waals surface area (Å²) in [5, 5.41) is 0. The molecule has 0 aliphatic carbocycles. The van der Waals surface area contributed by atoms with Crippen molar-refractivity contribution in [2.75, 3.05) is 25.1 Å². The van der Waals surface area contributed by atoms with Crippen LogP contribution in [0.15, 0.2) is 18.2 Å². The molecule has 1 aromatic heterocycles. The van der Waals surface area contributed by atoms with Crippen molar-refractivity contribution in [2.24, 2.45) is 5.92 Å². The van der Waals surface area contributed by atoms with Crippen molar-refractivity contribution < 1.29 is 8.42 Å². The summed E-state index contributed by atoms with van der Waals surface area (Å²) in [5.41, 5.74) is 2.10. The van der Waals surface area contributed by atoms with E-state index < -0.39 is 9.84 Å². The number of nitrogens with zero attached hydrogens (tertiary/aromatic N) is 2. The lowest BCUT2D eigenvalue weighted by atomic mass is 10.00. The molecule has 1 aliphatic heterocycles. The molecule has 1 atom stereocenters. The molecule has 0 N–H and O–H groups in total. The second-order valence-electron chi connectivity index (χ2n) is 5.61. The fourth-order valence-corrected chi connectivity index (χ4v) is 3.90. The highest BCUT2D eigenvalue weighted by Crippen LogP contribution is 2.19. The van der Waals surface area contributed by atoms with E-state index in [1.54, 1.807) is 0 Å². The van der Waals surface area contributed by atoms with Gasteiger partial charge < -0.3 is 0 Å². The highest BCUT2D eigenvalue weighted by molar-refractivity contribution is 7.90. The monoisotopic (exact) mass is 282 g/mol. The Balaban J connectivity index is 1.94. The lowest BCUT2D eigenvalue weighted by Crippen LogP contribution is -2.37. The highest BCUT2D eigenvalue weighted by atomic mass is 32.2. The SMILES string of the molecule is Cc1cccc(CN2CCCC(CS(C)(=O)=O)C2)n1. The second kappa shape index (κ2) is 6.01. The van der Waals surface area contributed by atoms with E-state index in [4.69, 9.17) is 0 Å².